The van der Waals surface area contributed by atoms with E-state index in [1.54, 1.807) is 19.0 Å². The fraction of sp³-hybridized carbons (Fsp3) is 0.846. The first-order chi connectivity index (χ1) is 8.95. The molecule has 1 unspecified atom stereocenters. The van der Waals surface area contributed by atoms with Crippen molar-refractivity contribution in [2.75, 3.05) is 46.8 Å². The molecule has 0 aliphatic carbocycles. The molecule has 0 aromatic rings. The Kier molecular flexibility index (Phi) is 6.24. The highest BCUT2D eigenvalue weighted by molar-refractivity contribution is 5.75. The molecule has 0 saturated carbocycles. The van der Waals surface area contributed by atoms with Crippen LogP contribution in [-0.4, -0.2) is 84.5 Å². The molecule has 0 radical (unpaired) electrons. The molecule has 1 fully saturated rings. The molecular formula is C13H25N3O3. The largest absolute Gasteiger partial charge is 0.480 e. The van der Waals surface area contributed by atoms with Crippen molar-refractivity contribution in [1.29, 1.82) is 0 Å². The standard InChI is InChI=1S/C13H25N3O3/c1-4-11(13(18)19)16-9-7-15(8-10-16)6-5-12(17)14(2)3/h11H,4-10H2,1-3H3,(H,18,19). The first-order valence-corrected chi connectivity index (χ1v) is 6.85. The van der Waals surface area contributed by atoms with Gasteiger partial charge < -0.3 is 14.9 Å². The maximum Gasteiger partial charge on any atom is 0.320 e. The number of piperazine rings is 1. The highest BCUT2D eigenvalue weighted by Crippen LogP contribution is 2.10. The van der Waals surface area contributed by atoms with Gasteiger partial charge in [-0.2, -0.15) is 0 Å². The summed E-state index contributed by atoms with van der Waals surface area (Å²) in [5.74, 6) is -0.599. The van der Waals surface area contributed by atoms with E-state index in [2.05, 4.69) is 4.90 Å². The van der Waals surface area contributed by atoms with Gasteiger partial charge in [-0.3, -0.25) is 14.5 Å². The van der Waals surface area contributed by atoms with Crippen molar-refractivity contribution >= 4 is 11.9 Å². The third-order valence-corrected chi connectivity index (χ3v) is 3.66. The fourth-order valence-corrected chi connectivity index (χ4v) is 2.36. The van der Waals surface area contributed by atoms with Crippen LogP contribution in [0.5, 0.6) is 0 Å². The van der Waals surface area contributed by atoms with E-state index < -0.39 is 5.97 Å². The van der Waals surface area contributed by atoms with E-state index in [4.69, 9.17) is 5.11 Å². The number of hydrogen-bond acceptors (Lipinski definition) is 4. The zero-order valence-corrected chi connectivity index (χ0v) is 12.1. The van der Waals surface area contributed by atoms with Gasteiger partial charge in [0, 0.05) is 53.2 Å². The monoisotopic (exact) mass is 271 g/mol. The molecule has 6 heteroatoms. The minimum absolute atomic E-state index is 0.138. The van der Waals surface area contributed by atoms with Crippen molar-refractivity contribution in [1.82, 2.24) is 14.7 Å². The van der Waals surface area contributed by atoms with Crippen LogP contribution in [0.25, 0.3) is 0 Å². The Hall–Kier alpha value is -1.14. The number of carboxylic acid groups (broad SMARTS) is 1. The van der Waals surface area contributed by atoms with Crippen LogP contribution in [0.1, 0.15) is 19.8 Å². The second-order valence-corrected chi connectivity index (χ2v) is 5.18. The quantitative estimate of drug-likeness (QED) is 0.733. The Balaban J connectivity index is 2.32. The van der Waals surface area contributed by atoms with Gasteiger partial charge in [0.05, 0.1) is 0 Å². The normalized spacial score (nSPS) is 19.1. The van der Waals surface area contributed by atoms with Gasteiger partial charge in [0.2, 0.25) is 5.91 Å². The average Bonchev–Trinajstić information content (AvgIpc) is 2.37. The lowest BCUT2D eigenvalue weighted by Crippen LogP contribution is -2.52. The summed E-state index contributed by atoms with van der Waals surface area (Å²) in [5, 5.41) is 9.12. The summed E-state index contributed by atoms with van der Waals surface area (Å²) in [6.07, 6.45) is 1.16. The summed E-state index contributed by atoms with van der Waals surface area (Å²) in [7, 11) is 3.53. The Morgan fingerprint density at radius 1 is 1.21 bits per heavy atom. The minimum atomic E-state index is -0.737. The van der Waals surface area contributed by atoms with Gasteiger partial charge in [0.15, 0.2) is 0 Å². The van der Waals surface area contributed by atoms with Crippen LogP contribution in [0.15, 0.2) is 0 Å². The molecule has 6 nitrogen and oxygen atoms in total. The zero-order chi connectivity index (χ0) is 14.4. The van der Waals surface area contributed by atoms with E-state index in [9.17, 15) is 9.59 Å². The van der Waals surface area contributed by atoms with Crippen LogP contribution in [-0.2, 0) is 9.59 Å². The van der Waals surface area contributed by atoms with Crippen LogP contribution < -0.4 is 0 Å². The van der Waals surface area contributed by atoms with E-state index >= 15 is 0 Å². The molecule has 0 bridgehead atoms. The maximum absolute atomic E-state index is 11.5. The van der Waals surface area contributed by atoms with Crippen LogP contribution in [0.4, 0.5) is 0 Å². The van der Waals surface area contributed by atoms with E-state index in [1.165, 1.54) is 0 Å². The second-order valence-electron chi connectivity index (χ2n) is 5.18. The molecule has 19 heavy (non-hydrogen) atoms. The number of carbonyl (C=O) groups is 2. The molecule has 1 aliphatic heterocycles. The van der Waals surface area contributed by atoms with Crippen molar-refractivity contribution in [3.8, 4) is 0 Å². The first kappa shape index (κ1) is 15.9. The summed E-state index contributed by atoms with van der Waals surface area (Å²) in [6, 6.07) is -0.370. The van der Waals surface area contributed by atoms with E-state index in [0.29, 0.717) is 12.8 Å². The third kappa shape index (κ3) is 4.80. The van der Waals surface area contributed by atoms with E-state index in [1.807, 2.05) is 11.8 Å². The number of carboxylic acids is 1. The number of rotatable bonds is 6. The van der Waals surface area contributed by atoms with Crippen molar-refractivity contribution < 1.29 is 14.7 Å². The van der Waals surface area contributed by atoms with Gasteiger partial charge >= 0.3 is 5.97 Å². The van der Waals surface area contributed by atoms with Crippen molar-refractivity contribution in [2.24, 2.45) is 0 Å². The molecule has 1 aliphatic rings. The molecule has 0 spiro atoms. The van der Waals surface area contributed by atoms with Gasteiger partial charge in [-0.05, 0) is 6.42 Å². The van der Waals surface area contributed by atoms with Crippen molar-refractivity contribution in [3.05, 3.63) is 0 Å². The number of amides is 1. The Labute approximate surface area is 115 Å². The van der Waals surface area contributed by atoms with Crippen molar-refractivity contribution in [2.45, 2.75) is 25.8 Å². The number of carbonyl (C=O) groups excluding carboxylic acids is 1. The maximum atomic E-state index is 11.5. The molecule has 1 N–H and O–H groups in total. The molecule has 1 atom stereocenters. The van der Waals surface area contributed by atoms with Gasteiger partial charge in [-0.1, -0.05) is 6.92 Å². The molecule has 110 valence electrons. The smallest absolute Gasteiger partial charge is 0.320 e. The lowest BCUT2D eigenvalue weighted by atomic mass is 10.1. The van der Waals surface area contributed by atoms with E-state index in [0.717, 1.165) is 32.7 Å². The predicted molar refractivity (Wildman–Crippen MR) is 73.0 cm³/mol. The lowest BCUT2D eigenvalue weighted by molar-refractivity contribution is -0.144. The minimum Gasteiger partial charge on any atom is -0.480 e. The predicted octanol–water partition coefficient (Wildman–Crippen LogP) is -0.0545. The highest BCUT2D eigenvalue weighted by Gasteiger charge is 2.27. The molecule has 0 aromatic carbocycles. The van der Waals surface area contributed by atoms with Crippen LogP contribution in [0.2, 0.25) is 0 Å². The molecule has 1 amide bonds. The third-order valence-electron chi connectivity index (χ3n) is 3.66. The molecular weight excluding hydrogens is 246 g/mol. The summed E-state index contributed by atoms with van der Waals surface area (Å²) >= 11 is 0. The average molecular weight is 271 g/mol. The van der Waals surface area contributed by atoms with Gasteiger partial charge in [0.25, 0.3) is 0 Å². The number of nitrogens with zero attached hydrogens (tertiary/aromatic N) is 3. The summed E-state index contributed by atoms with van der Waals surface area (Å²) in [4.78, 5) is 28.5. The first-order valence-electron chi connectivity index (χ1n) is 6.85. The van der Waals surface area contributed by atoms with Crippen LogP contribution >= 0.6 is 0 Å². The Morgan fingerprint density at radius 2 is 1.79 bits per heavy atom. The Bertz CT molecular complexity index is 312. The van der Waals surface area contributed by atoms with Crippen LogP contribution in [0, 0.1) is 0 Å². The fourth-order valence-electron chi connectivity index (χ4n) is 2.36. The second kappa shape index (κ2) is 7.45. The molecule has 1 heterocycles. The van der Waals surface area contributed by atoms with Gasteiger partial charge in [-0.15, -0.1) is 0 Å². The molecule has 1 rings (SSSR count). The molecule has 1 saturated heterocycles. The lowest BCUT2D eigenvalue weighted by Gasteiger charge is -2.37. The Morgan fingerprint density at radius 3 is 2.21 bits per heavy atom. The summed E-state index contributed by atoms with van der Waals surface area (Å²) in [5.41, 5.74) is 0. The highest BCUT2D eigenvalue weighted by atomic mass is 16.4. The van der Waals surface area contributed by atoms with Crippen LogP contribution in [0.3, 0.4) is 0 Å². The number of hydrogen-bond donors (Lipinski definition) is 1. The topological polar surface area (TPSA) is 64.1 Å². The van der Waals surface area contributed by atoms with Crippen molar-refractivity contribution in [3.63, 3.8) is 0 Å². The molecule has 0 aromatic heterocycles. The summed E-state index contributed by atoms with van der Waals surface area (Å²) in [6.45, 7) is 5.87. The van der Waals surface area contributed by atoms with Gasteiger partial charge in [-0.25, -0.2) is 0 Å². The SMILES string of the molecule is CCC(C(=O)O)N1CCN(CCC(=O)N(C)C)CC1. The number of aliphatic carboxylic acids is 1. The van der Waals surface area contributed by atoms with Gasteiger partial charge in [0.1, 0.15) is 6.04 Å². The zero-order valence-electron chi connectivity index (χ0n) is 12.1. The van der Waals surface area contributed by atoms with E-state index in [-0.39, 0.29) is 11.9 Å². The summed E-state index contributed by atoms with van der Waals surface area (Å²) < 4.78 is 0.